The van der Waals surface area contributed by atoms with Crippen molar-refractivity contribution in [2.75, 3.05) is 0 Å². The van der Waals surface area contributed by atoms with E-state index in [9.17, 15) is 9.59 Å². The zero-order valence-electron chi connectivity index (χ0n) is 15.1. The minimum absolute atomic E-state index is 0.150. The van der Waals surface area contributed by atoms with Gasteiger partial charge in [-0.3, -0.25) is 14.5 Å². The van der Waals surface area contributed by atoms with E-state index in [1.54, 1.807) is 12.1 Å². The molecule has 0 N–H and O–H groups in total. The molecule has 2 aromatic carbocycles. The molecule has 0 spiro atoms. The van der Waals surface area contributed by atoms with Gasteiger partial charge < -0.3 is 4.74 Å². The zero-order valence-corrected chi connectivity index (χ0v) is 16.7. The molecule has 1 atom stereocenters. The van der Waals surface area contributed by atoms with Crippen molar-refractivity contribution in [3.8, 4) is 5.75 Å². The first-order valence-corrected chi connectivity index (χ1v) is 9.93. The molecule has 2 aromatic rings. The number of hydrogen-bond donors (Lipinski definition) is 0. The molecule has 0 aliphatic carbocycles. The smallest absolute Gasteiger partial charge is 0.293 e. The summed E-state index contributed by atoms with van der Waals surface area (Å²) in [5, 5.41) is 0.250. The van der Waals surface area contributed by atoms with Crippen LogP contribution in [-0.4, -0.2) is 22.2 Å². The topological polar surface area (TPSA) is 46.6 Å². The first-order chi connectivity index (χ1) is 13.0. The number of rotatable bonds is 6. The number of carbonyl (C=O) groups is 2. The van der Waals surface area contributed by atoms with Crippen LogP contribution < -0.4 is 4.74 Å². The summed E-state index contributed by atoms with van der Waals surface area (Å²) < 4.78 is 5.75. The fourth-order valence-electron chi connectivity index (χ4n) is 2.54. The molecule has 1 aliphatic heterocycles. The molecular weight excluding hydrogens is 382 g/mol. The number of amides is 2. The number of thioether (sulfide) groups is 1. The number of nitrogens with zero attached hydrogens (tertiary/aromatic N) is 1. The van der Waals surface area contributed by atoms with Crippen LogP contribution in [0.4, 0.5) is 4.79 Å². The largest absolute Gasteiger partial charge is 0.491 e. The van der Waals surface area contributed by atoms with Crippen LogP contribution in [0.3, 0.4) is 0 Å². The average Bonchev–Trinajstić information content (AvgIpc) is 2.92. The van der Waals surface area contributed by atoms with Crippen molar-refractivity contribution < 1.29 is 14.3 Å². The predicted octanol–water partition coefficient (Wildman–Crippen LogP) is 5.75. The van der Waals surface area contributed by atoms with Gasteiger partial charge in [-0.25, -0.2) is 0 Å². The van der Waals surface area contributed by atoms with Gasteiger partial charge in [0, 0.05) is 5.02 Å². The summed E-state index contributed by atoms with van der Waals surface area (Å²) in [5.41, 5.74) is 1.59. The molecule has 0 radical (unpaired) electrons. The first kappa shape index (κ1) is 19.5. The van der Waals surface area contributed by atoms with Crippen LogP contribution in [0.5, 0.6) is 5.75 Å². The highest BCUT2D eigenvalue weighted by Crippen LogP contribution is 2.34. The Morgan fingerprint density at radius 2 is 1.85 bits per heavy atom. The second-order valence-electron chi connectivity index (χ2n) is 6.27. The van der Waals surface area contributed by atoms with Crippen molar-refractivity contribution in [3.63, 3.8) is 0 Å². The summed E-state index contributed by atoms with van der Waals surface area (Å²) in [7, 11) is 0. The van der Waals surface area contributed by atoms with E-state index in [1.165, 1.54) is 4.90 Å². The Hall–Kier alpha value is -2.24. The maximum absolute atomic E-state index is 12.6. The Bertz CT molecular complexity index is 879. The van der Waals surface area contributed by atoms with Gasteiger partial charge in [0.05, 0.1) is 17.6 Å². The third kappa shape index (κ3) is 4.73. The van der Waals surface area contributed by atoms with E-state index in [-0.39, 0.29) is 23.8 Å². The van der Waals surface area contributed by atoms with Crippen molar-refractivity contribution in [3.05, 3.63) is 69.6 Å². The molecule has 0 saturated carbocycles. The molecule has 1 aliphatic rings. The third-order valence-electron chi connectivity index (χ3n) is 4.25. The van der Waals surface area contributed by atoms with Crippen LogP contribution in [0.2, 0.25) is 5.02 Å². The molecule has 0 aromatic heterocycles. The fraction of sp³-hybridized carbons (Fsp3) is 0.238. The molecule has 6 heteroatoms. The van der Waals surface area contributed by atoms with Gasteiger partial charge in [-0.15, -0.1) is 0 Å². The number of hydrogen-bond acceptors (Lipinski definition) is 4. The predicted molar refractivity (Wildman–Crippen MR) is 110 cm³/mol. The molecule has 1 fully saturated rings. The second kappa shape index (κ2) is 8.63. The van der Waals surface area contributed by atoms with Gasteiger partial charge in [-0.2, -0.15) is 0 Å². The number of halogens is 1. The maximum atomic E-state index is 12.6. The Morgan fingerprint density at radius 1 is 1.15 bits per heavy atom. The van der Waals surface area contributed by atoms with Crippen molar-refractivity contribution in [2.24, 2.45) is 0 Å². The summed E-state index contributed by atoms with van der Waals surface area (Å²) in [5.74, 6) is 0.484. The Labute approximate surface area is 168 Å². The van der Waals surface area contributed by atoms with E-state index in [4.69, 9.17) is 16.3 Å². The molecule has 1 saturated heterocycles. The molecule has 3 rings (SSSR count). The quantitative estimate of drug-likeness (QED) is 0.578. The maximum Gasteiger partial charge on any atom is 0.293 e. The first-order valence-electron chi connectivity index (χ1n) is 8.73. The Morgan fingerprint density at radius 3 is 2.52 bits per heavy atom. The van der Waals surface area contributed by atoms with Crippen LogP contribution >= 0.6 is 23.4 Å². The summed E-state index contributed by atoms with van der Waals surface area (Å²) in [6.45, 7) is 4.25. The summed E-state index contributed by atoms with van der Waals surface area (Å²) in [4.78, 5) is 26.5. The molecule has 140 valence electrons. The molecule has 1 heterocycles. The van der Waals surface area contributed by atoms with E-state index >= 15 is 0 Å². The van der Waals surface area contributed by atoms with Crippen LogP contribution in [-0.2, 0) is 11.3 Å². The monoisotopic (exact) mass is 401 g/mol. The SMILES string of the molecule is CCC(C)Oc1ccc(/C=C2\SC(=O)N(Cc3ccccc3Cl)C2=O)cc1. The minimum Gasteiger partial charge on any atom is -0.491 e. The van der Waals surface area contributed by atoms with Gasteiger partial charge in [0.25, 0.3) is 11.1 Å². The number of ether oxygens (including phenoxy) is 1. The lowest BCUT2D eigenvalue weighted by Crippen LogP contribution is -2.27. The van der Waals surface area contributed by atoms with E-state index in [0.717, 1.165) is 35.1 Å². The standard InChI is InChI=1S/C21H20ClNO3S/c1-3-14(2)26-17-10-8-15(9-11-17)12-19-20(24)23(21(25)27-19)13-16-6-4-5-7-18(16)22/h4-12,14H,3,13H2,1-2H3/b19-12-. The molecule has 1 unspecified atom stereocenters. The van der Waals surface area contributed by atoms with Gasteiger partial charge in [0.2, 0.25) is 0 Å². The van der Waals surface area contributed by atoms with E-state index in [1.807, 2.05) is 49.4 Å². The summed E-state index contributed by atoms with van der Waals surface area (Å²) in [6, 6.07) is 14.7. The molecule has 2 amide bonds. The molecule has 4 nitrogen and oxygen atoms in total. The highest BCUT2D eigenvalue weighted by Gasteiger charge is 2.35. The van der Waals surface area contributed by atoms with E-state index in [2.05, 4.69) is 6.92 Å². The molecule has 0 bridgehead atoms. The van der Waals surface area contributed by atoms with Crippen molar-refractivity contribution in [2.45, 2.75) is 32.9 Å². The van der Waals surface area contributed by atoms with Crippen molar-refractivity contribution in [1.82, 2.24) is 4.90 Å². The van der Waals surface area contributed by atoms with Gasteiger partial charge >= 0.3 is 0 Å². The fourth-order valence-corrected chi connectivity index (χ4v) is 3.58. The van der Waals surface area contributed by atoms with Gasteiger partial charge in [0.15, 0.2) is 0 Å². The van der Waals surface area contributed by atoms with Gasteiger partial charge in [-0.1, -0.05) is 48.9 Å². The Balaban J connectivity index is 1.73. The average molecular weight is 402 g/mol. The second-order valence-corrected chi connectivity index (χ2v) is 7.67. The van der Waals surface area contributed by atoms with E-state index < -0.39 is 0 Å². The lowest BCUT2D eigenvalue weighted by atomic mass is 10.2. The number of benzene rings is 2. The van der Waals surface area contributed by atoms with Crippen molar-refractivity contribution >= 4 is 40.6 Å². The van der Waals surface area contributed by atoms with Gasteiger partial charge in [-0.05, 0) is 60.5 Å². The van der Waals surface area contributed by atoms with Gasteiger partial charge in [0.1, 0.15) is 5.75 Å². The van der Waals surface area contributed by atoms with Crippen LogP contribution in [0.25, 0.3) is 6.08 Å². The third-order valence-corrected chi connectivity index (χ3v) is 5.53. The van der Waals surface area contributed by atoms with Crippen LogP contribution in [0.15, 0.2) is 53.4 Å². The number of imide groups is 1. The highest BCUT2D eigenvalue weighted by atomic mass is 35.5. The lowest BCUT2D eigenvalue weighted by molar-refractivity contribution is -0.123. The molecule has 27 heavy (non-hydrogen) atoms. The summed E-state index contributed by atoms with van der Waals surface area (Å²) in [6.07, 6.45) is 2.81. The minimum atomic E-state index is -0.301. The normalized spacial score (nSPS) is 16.9. The number of carbonyl (C=O) groups excluding carboxylic acids is 2. The zero-order chi connectivity index (χ0) is 19.4. The Kier molecular flexibility index (Phi) is 6.24. The van der Waals surface area contributed by atoms with Crippen molar-refractivity contribution in [1.29, 1.82) is 0 Å². The van der Waals surface area contributed by atoms with Crippen LogP contribution in [0, 0.1) is 0 Å². The lowest BCUT2D eigenvalue weighted by Gasteiger charge is -2.13. The molecular formula is C21H20ClNO3S. The van der Waals surface area contributed by atoms with Crippen LogP contribution in [0.1, 0.15) is 31.4 Å². The summed E-state index contributed by atoms with van der Waals surface area (Å²) >= 11 is 7.09. The highest BCUT2D eigenvalue weighted by molar-refractivity contribution is 8.18. The van der Waals surface area contributed by atoms with E-state index in [0.29, 0.717) is 9.93 Å².